The molecule has 0 bridgehead atoms. The third kappa shape index (κ3) is 15.8. The van der Waals surface area contributed by atoms with Gasteiger partial charge in [0.1, 0.15) is 0 Å². The highest BCUT2D eigenvalue weighted by Gasteiger charge is 2.26. The molecule has 0 atom stereocenters. The van der Waals surface area contributed by atoms with Crippen molar-refractivity contribution in [3.63, 3.8) is 0 Å². The van der Waals surface area contributed by atoms with Crippen molar-refractivity contribution < 1.29 is 53.1 Å². The standard InChI is InChI=1S/C30H48N2O11/c1-3-28(37)41-19-23-8-10-25(11-9-23)21-43-30(39)17-32(15-27(35)36)13-12-31(14-26(33)34)16-29(38)42-20-24-6-4-22(5-7-24)18-40-2/h3,22-25H,1,4-21H2,2H3,(H,33,34)(H,35,36). The molecule has 2 aliphatic carbocycles. The Balaban J connectivity index is 1.75. The fraction of sp³-hybridized carbons (Fsp3) is 0.767. The molecule has 0 aromatic carbocycles. The third-order valence-corrected chi connectivity index (χ3v) is 8.08. The molecule has 13 heteroatoms. The van der Waals surface area contributed by atoms with Crippen LogP contribution in [0.1, 0.15) is 51.4 Å². The van der Waals surface area contributed by atoms with Gasteiger partial charge in [0.15, 0.2) is 0 Å². The lowest BCUT2D eigenvalue weighted by atomic mass is 9.83. The second kappa shape index (κ2) is 20.0. The molecule has 244 valence electrons. The van der Waals surface area contributed by atoms with Crippen LogP contribution in [-0.2, 0) is 42.9 Å². The molecule has 2 aliphatic rings. The second-order valence-electron chi connectivity index (χ2n) is 11.6. The van der Waals surface area contributed by atoms with Crippen molar-refractivity contribution >= 4 is 29.8 Å². The summed E-state index contributed by atoms with van der Waals surface area (Å²) in [6.45, 7) is 3.61. The summed E-state index contributed by atoms with van der Waals surface area (Å²) in [5, 5.41) is 18.6. The van der Waals surface area contributed by atoms with Crippen LogP contribution < -0.4 is 0 Å². The number of carbonyl (C=O) groups excluding carboxylic acids is 3. The van der Waals surface area contributed by atoms with E-state index in [0.29, 0.717) is 12.5 Å². The number of ether oxygens (including phenoxy) is 4. The zero-order chi connectivity index (χ0) is 31.6. The number of carboxylic acids is 2. The van der Waals surface area contributed by atoms with E-state index in [1.807, 2.05) is 0 Å². The van der Waals surface area contributed by atoms with Gasteiger partial charge in [0.2, 0.25) is 0 Å². The van der Waals surface area contributed by atoms with Gasteiger partial charge >= 0.3 is 29.8 Å². The molecule has 0 aromatic rings. The molecule has 0 saturated heterocycles. The zero-order valence-electron chi connectivity index (χ0n) is 25.3. The van der Waals surface area contributed by atoms with Crippen molar-refractivity contribution in [3.05, 3.63) is 12.7 Å². The Morgan fingerprint density at radius 1 is 0.628 bits per heavy atom. The lowest BCUT2D eigenvalue weighted by Gasteiger charge is -2.28. The first kappa shape index (κ1) is 36.2. The Hall–Kier alpha value is -3.03. The fourth-order valence-corrected chi connectivity index (χ4v) is 5.60. The lowest BCUT2D eigenvalue weighted by Crippen LogP contribution is -2.44. The summed E-state index contributed by atoms with van der Waals surface area (Å²) in [7, 11) is 1.69. The van der Waals surface area contributed by atoms with Crippen LogP contribution in [0.15, 0.2) is 12.7 Å². The van der Waals surface area contributed by atoms with Crippen molar-refractivity contribution in [2.24, 2.45) is 23.7 Å². The van der Waals surface area contributed by atoms with Crippen LogP contribution >= 0.6 is 0 Å². The van der Waals surface area contributed by atoms with Crippen molar-refractivity contribution in [2.45, 2.75) is 51.4 Å². The molecular formula is C30H48N2O11. The Morgan fingerprint density at radius 3 is 1.30 bits per heavy atom. The minimum Gasteiger partial charge on any atom is -0.480 e. The summed E-state index contributed by atoms with van der Waals surface area (Å²) in [6, 6.07) is 0. The molecule has 0 spiro atoms. The molecule has 13 nitrogen and oxygen atoms in total. The average molecular weight is 613 g/mol. The molecule has 0 heterocycles. The van der Waals surface area contributed by atoms with E-state index >= 15 is 0 Å². The van der Waals surface area contributed by atoms with Gasteiger partial charge in [0, 0.05) is 32.9 Å². The van der Waals surface area contributed by atoms with Gasteiger partial charge in [-0.1, -0.05) is 6.58 Å². The molecule has 0 aliphatic heterocycles. The second-order valence-corrected chi connectivity index (χ2v) is 11.6. The SMILES string of the molecule is C=CC(=O)OCC1CCC(COC(=O)CN(CCN(CC(=O)O)CC(=O)OCC2CCC(COC)CC2)CC(=O)O)CC1. The predicted octanol–water partition coefficient (Wildman–Crippen LogP) is 1.83. The quantitative estimate of drug-likeness (QED) is 0.116. The summed E-state index contributed by atoms with van der Waals surface area (Å²) in [5.74, 6) is -2.63. The minimum atomic E-state index is -1.15. The first-order valence-corrected chi connectivity index (χ1v) is 15.1. The normalized spacial score (nSPS) is 22.1. The first-order chi connectivity index (χ1) is 20.6. The van der Waals surface area contributed by atoms with Crippen LogP contribution in [0.3, 0.4) is 0 Å². The van der Waals surface area contributed by atoms with Gasteiger partial charge in [-0.05, 0) is 75.0 Å². The van der Waals surface area contributed by atoms with Crippen molar-refractivity contribution in [3.8, 4) is 0 Å². The van der Waals surface area contributed by atoms with E-state index in [4.69, 9.17) is 18.9 Å². The molecule has 0 aromatic heterocycles. The number of nitrogens with zero attached hydrogens (tertiary/aromatic N) is 2. The molecule has 0 unspecified atom stereocenters. The van der Waals surface area contributed by atoms with Crippen molar-refractivity contribution in [1.29, 1.82) is 0 Å². The van der Waals surface area contributed by atoms with Gasteiger partial charge in [-0.3, -0.25) is 29.0 Å². The van der Waals surface area contributed by atoms with Crippen molar-refractivity contribution in [1.82, 2.24) is 9.80 Å². The summed E-state index contributed by atoms with van der Waals surface area (Å²) in [4.78, 5) is 61.8. The highest BCUT2D eigenvalue weighted by Crippen LogP contribution is 2.30. The van der Waals surface area contributed by atoms with E-state index in [9.17, 15) is 34.2 Å². The van der Waals surface area contributed by atoms with Crippen LogP contribution in [0.2, 0.25) is 0 Å². The van der Waals surface area contributed by atoms with E-state index in [1.54, 1.807) is 7.11 Å². The number of carbonyl (C=O) groups is 5. The van der Waals surface area contributed by atoms with Gasteiger partial charge in [-0.2, -0.15) is 0 Å². The molecule has 2 saturated carbocycles. The lowest BCUT2D eigenvalue weighted by molar-refractivity contribution is -0.151. The Bertz CT molecular complexity index is 912. The summed E-state index contributed by atoms with van der Waals surface area (Å²) in [6.07, 6.45) is 8.36. The number of hydrogen-bond donors (Lipinski definition) is 2. The molecule has 0 amide bonds. The maximum atomic E-state index is 12.5. The Morgan fingerprint density at radius 2 is 0.977 bits per heavy atom. The van der Waals surface area contributed by atoms with Gasteiger partial charge in [-0.15, -0.1) is 0 Å². The zero-order valence-corrected chi connectivity index (χ0v) is 25.3. The highest BCUT2D eigenvalue weighted by molar-refractivity contribution is 5.81. The molecule has 2 rings (SSSR count). The molecule has 2 fully saturated rings. The van der Waals surface area contributed by atoms with E-state index in [0.717, 1.165) is 64.0 Å². The van der Waals surface area contributed by atoms with Crippen LogP contribution in [-0.4, -0.2) is 123 Å². The Kier molecular flexibility index (Phi) is 16.8. The van der Waals surface area contributed by atoms with Crippen molar-refractivity contribution in [2.75, 3.05) is 72.8 Å². The van der Waals surface area contributed by atoms with Gasteiger partial charge in [0.05, 0.1) is 46.0 Å². The van der Waals surface area contributed by atoms with E-state index in [2.05, 4.69) is 6.58 Å². The monoisotopic (exact) mass is 612 g/mol. The smallest absolute Gasteiger partial charge is 0.330 e. The fourth-order valence-electron chi connectivity index (χ4n) is 5.60. The van der Waals surface area contributed by atoms with Gasteiger partial charge in [0.25, 0.3) is 0 Å². The Labute approximate surface area is 253 Å². The summed E-state index contributed by atoms with van der Waals surface area (Å²) < 4.78 is 21.2. The number of carboxylic acid groups (broad SMARTS) is 2. The topological polar surface area (TPSA) is 169 Å². The molecule has 2 N–H and O–H groups in total. The number of rotatable bonds is 20. The number of aliphatic carboxylic acids is 2. The van der Waals surface area contributed by atoms with Crippen LogP contribution in [0.5, 0.6) is 0 Å². The highest BCUT2D eigenvalue weighted by atomic mass is 16.5. The number of hydrogen-bond acceptors (Lipinski definition) is 11. The average Bonchev–Trinajstić information content (AvgIpc) is 2.97. The maximum absolute atomic E-state index is 12.5. The minimum absolute atomic E-state index is 0.0417. The van der Waals surface area contributed by atoms with Crippen LogP contribution in [0.25, 0.3) is 0 Å². The summed E-state index contributed by atoms with van der Waals surface area (Å²) >= 11 is 0. The van der Waals surface area contributed by atoms with E-state index in [1.165, 1.54) is 9.80 Å². The van der Waals surface area contributed by atoms with Crippen LogP contribution in [0, 0.1) is 23.7 Å². The number of esters is 3. The molecule has 0 radical (unpaired) electrons. The number of methoxy groups -OCH3 is 1. The van der Waals surface area contributed by atoms with Crippen LogP contribution in [0.4, 0.5) is 0 Å². The van der Waals surface area contributed by atoms with E-state index < -0.39 is 42.9 Å². The molecular weight excluding hydrogens is 564 g/mol. The molecule has 43 heavy (non-hydrogen) atoms. The van der Waals surface area contributed by atoms with E-state index in [-0.39, 0.29) is 57.1 Å². The van der Waals surface area contributed by atoms with Gasteiger partial charge < -0.3 is 29.2 Å². The third-order valence-electron chi connectivity index (χ3n) is 8.08. The summed E-state index contributed by atoms with van der Waals surface area (Å²) in [5.41, 5.74) is 0. The largest absolute Gasteiger partial charge is 0.480 e. The first-order valence-electron chi connectivity index (χ1n) is 15.1. The van der Waals surface area contributed by atoms with Gasteiger partial charge in [-0.25, -0.2) is 4.79 Å². The predicted molar refractivity (Wildman–Crippen MR) is 154 cm³/mol. The maximum Gasteiger partial charge on any atom is 0.330 e.